The second-order valence-corrected chi connectivity index (χ2v) is 7.38. The number of rotatable bonds is 6. The number of aliphatic carboxylic acids is 1. The van der Waals surface area contributed by atoms with Crippen LogP contribution in [0.4, 0.5) is 15.2 Å². The highest BCUT2D eigenvalue weighted by Gasteiger charge is 2.07. The van der Waals surface area contributed by atoms with Crippen LogP contribution in [0.2, 0.25) is 0 Å². The van der Waals surface area contributed by atoms with E-state index in [1.807, 2.05) is 53.9 Å². The molecule has 0 spiro atoms. The molecule has 0 radical (unpaired) electrons. The molecule has 0 unspecified atom stereocenters. The van der Waals surface area contributed by atoms with E-state index >= 15 is 0 Å². The molecule has 0 aliphatic carbocycles. The van der Waals surface area contributed by atoms with Crippen molar-refractivity contribution in [2.45, 2.75) is 6.42 Å². The maximum atomic E-state index is 13.3. The number of halogens is 1. The zero-order valence-corrected chi connectivity index (χ0v) is 16.1. The van der Waals surface area contributed by atoms with Crippen molar-refractivity contribution in [1.29, 1.82) is 0 Å². The molecule has 0 saturated heterocycles. The maximum Gasteiger partial charge on any atom is 0.307 e. The molecule has 0 fully saturated rings. The van der Waals surface area contributed by atoms with Crippen molar-refractivity contribution >= 4 is 28.1 Å². The minimum Gasteiger partial charge on any atom is -0.481 e. The maximum absolute atomic E-state index is 13.3. The molecule has 0 aliphatic heterocycles. The predicted octanol–water partition coefficient (Wildman–Crippen LogP) is 5.99. The van der Waals surface area contributed by atoms with Crippen molar-refractivity contribution in [2.75, 3.05) is 5.32 Å². The summed E-state index contributed by atoms with van der Waals surface area (Å²) in [5.41, 5.74) is 5.34. The van der Waals surface area contributed by atoms with Gasteiger partial charge in [0.25, 0.3) is 0 Å². The van der Waals surface area contributed by atoms with Gasteiger partial charge in [-0.3, -0.25) is 4.79 Å². The fourth-order valence-electron chi connectivity index (χ4n) is 2.98. The summed E-state index contributed by atoms with van der Waals surface area (Å²) in [6.45, 7) is 0. The van der Waals surface area contributed by atoms with Gasteiger partial charge < -0.3 is 10.4 Å². The van der Waals surface area contributed by atoms with Gasteiger partial charge >= 0.3 is 5.97 Å². The van der Waals surface area contributed by atoms with E-state index in [1.165, 1.54) is 23.5 Å². The Morgan fingerprint density at radius 3 is 2.28 bits per heavy atom. The minimum absolute atomic E-state index is 0.0229. The summed E-state index contributed by atoms with van der Waals surface area (Å²) in [6, 6.07) is 21.8. The molecule has 2 N–H and O–H groups in total. The highest BCUT2D eigenvalue weighted by molar-refractivity contribution is 7.14. The van der Waals surface area contributed by atoms with Crippen molar-refractivity contribution in [3.05, 3.63) is 89.6 Å². The van der Waals surface area contributed by atoms with Crippen LogP contribution >= 0.6 is 11.3 Å². The van der Waals surface area contributed by atoms with Crippen LogP contribution in [0, 0.1) is 5.82 Å². The number of aromatic nitrogens is 1. The van der Waals surface area contributed by atoms with Gasteiger partial charge in [-0.2, -0.15) is 0 Å². The first-order valence-electron chi connectivity index (χ1n) is 8.96. The number of carboxylic acids is 1. The normalized spacial score (nSPS) is 10.7. The number of carbonyl (C=O) groups is 1. The Kier molecular flexibility index (Phi) is 5.35. The van der Waals surface area contributed by atoms with Crippen molar-refractivity contribution in [2.24, 2.45) is 0 Å². The highest BCUT2D eigenvalue weighted by Crippen LogP contribution is 2.29. The number of hydrogen-bond donors (Lipinski definition) is 2. The first-order chi connectivity index (χ1) is 14.1. The summed E-state index contributed by atoms with van der Waals surface area (Å²) >= 11 is 1.46. The first kappa shape index (κ1) is 18.8. The predicted molar refractivity (Wildman–Crippen MR) is 114 cm³/mol. The van der Waals surface area contributed by atoms with Crippen LogP contribution in [0.1, 0.15) is 5.56 Å². The fourth-order valence-corrected chi connectivity index (χ4v) is 3.72. The summed E-state index contributed by atoms with van der Waals surface area (Å²) in [6.07, 6.45) is 0.0229. The molecule has 144 valence electrons. The zero-order chi connectivity index (χ0) is 20.2. The molecular weight excluding hydrogens is 387 g/mol. The van der Waals surface area contributed by atoms with Crippen molar-refractivity contribution in [3.8, 4) is 22.4 Å². The van der Waals surface area contributed by atoms with Crippen LogP contribution in [-0.4, -0.2) is 16.1 Å². The Morgan fingerprint density at radius 1 is 0.966 bits per heavy atom. The van der Waals surface area contributed by atoms with Crippen molar-refractivity contribution in [3.63, 3.8) is 0 Å². The fraction of sp³-hybridized carbons (Fsp3) is 0.0435. The summed E-state index contributed by atoms with van der Waals surface area (Å²) in [7, 11) is 0. The van der Waals surface area contributed by atoms with Gasteiger partial charge in [-0.05, 0) is 34.9 Å². The van der Waals surface area contributed by atoms with Crippen LogP contribution in [-0.2, 0) is 11.2 Å². The zero-order valence-electron chi connectivity index (χ0n) is 15.3. The molecule has 4 nitrogen and oxygen atoms in total. The number of carboxylic acid groups (broad SMARTS) is 1. The van der Waals surface area contributed by atoms with Gasteiger partial charge in [0.05, 0.1) is 12.1 Å². The van der Waals surface area contributed by atoms with E-state index in [0.717, 1.165) is 27.9 Å². The Hall–Kier alpha value is -3.51. The van der Waals surface area contributed by atoms with E-state index in [0.29, 0.717) is 10.8 Å². The van der Waals surface area contributed by atoms with Gasteiger partial charge in [0.1, 0.15) is 5.82 Å². The Bertz CT molecular complexity index is 1140. The van der Waals surface area contributed by atoms with Crippen molar-refractivity contribution < 1.29 is 14.3 Å². The third kappa shape index (κ3) is 4.67. The van der Waals surface area contributed by atoms with E-state index in [-0.39, 0.29) is 12.2 Å². The number of hydrogen-bond acceptors (Lipinski definition) is 4. The molecule has 1 aromatic heterocycles. The number of nitrogens with zero attached hydrogens (tertiary/aromatic N) is 1. The van der Waals surface area contributed by atoms with Gasteiger partial charge in [0, 0.05) is 16.6 Å². The lowest BCUT2D eigenvalue weighted by Gasteiger charge is -2.05. The van der Waals surface area contributed by atoms with Gasteiger partial charge in [-0.15, -0.1) is 11.3 Å². The van der Waals surface area contributed by atoms with E-state index < -0.39 is 5.97 Å². The molecule has 6 heteroatoms. The first-order valence-corrected chi connectivity index (χ1v) is 9.84. The molecule has 3 aromatic carbocycles. The van der Waals surface area contributed by atoms with E-state index in [4.69, 9.17) is 5.11 Å². The van der Waals surface area contributed by atoms with Crippen LogP contribution in [0.5, 0.6) is 0 Å². The number of thiazole rings is 1. The Labute approximate surface area is 171 Å². The molecule has 0 aliphatic rings. The molecule has 4 aromatic rings. The van der Waals surface area contributed by atoms with Crippen LogP contribution in [0.3, 0.4) is 0 Å². The minimum atomic E-state index is -0.836. The molecule has 0 saturated carbocycles. The lowest BCUT2D eigenvalue weighted by Crippen LogP contribution is -1.99. The largest absolute Gasteiger partial charge is 0.481 e. The lowest BCUT2D eigenvalue weighted by molar-refractivity contribution is -0.136. The summed E-state index contributed by atoms with van der Waals surface area (Å²) < 4.78 is 13.3. The second-order valence-electron chi connectivity index (χ2n) is 6.52. The number of nitrogens with one attached hydrogen (secondary N) is 1. The average Bonchev–Trinajstić information content (AvgIpc) is 3.17. The molecular formula is C23H17FN2O2S. The Morgan fingerprint density at radius 2 is 1.62 bits per heavy atom. The van der Waals surface area contributed by atoms with Crippen molar-refractivity contribution in [1.82, 2.24) is 4.98 Å². The molecule has 0 amide bonds. The average molecular weight is 404 g/mol. The number of anilines is 2. The number of benzene rings is 3. The van der Waals surface area contributed by atoms with Crippen LogP contribution in [0.25, 0.3) is 22.4 Å². The van der Waals surface area contributed by atoms with Crippen LogP contribution < -0.4 is 5.32 Å². The smallest absolute Gasteiger partial charge is 0.307 e. The van der Waals surface area contributed by atoms with E-state index in [1.54, 1.807) is 12.1 Å². The summed E-state index contributed by atoms with van der Waals surface area (Å²) in [5.74, 6) is -1.13. The van der Waals surface area contributed by atoms with Gasteiger partial charge in [-0.25, -0.2) is 9.37 Å². The molecule has 29 heavy (non-hydrogen) atoms. The summed E-state index contributed by atoms with van der Waals surface area (Å²) in [5, 5.41) is 14.6. The van der Waals surface area contributed by atoms with E-state index in [2.05, 4.69) is 10.3 Å². The SMILES string of the molecule is O=C(O)Cc1ccc(-c2ccc(-c3csc(Nc4cccc(F)c4)n3)cc2)cc1. The van der Waals surface area contributed by atoms with Crippen LogP contribution in [0.15, 0.2) is 78.2 Å². The Balaban J connectivity index is 1.48. The molecule has 1 heterocycles. The molecule has 4 rings (SSSR count). The molecule has 0 atom stereocenters. The third-order valence-corrected chi connectivity index (χ3v) is 5.16. The summed E-state index contributed by atoms with van der Waals surface area (Å²) in [4.78, 5) is 15.4. The molecule has 0 bridgehead atoms. The monoisotopic (exact) mass is 404 g/mol. The van der Waals surface area contributed by atoms with Gasteiger partial charge in [0.2, 0.25) is 0 Å². The standard InChI is InChI=1S/C23H17FN2O2S/c24-19-2-1-3-20(13-19)25-23-26-21(14-29-23)18-10-8-17(9-11-18)16-6-4-15(5-7-16)12-22(27)28/h1-11,13-14H,12H2,(H,25,26)(H,27,28). The topological polar surface area (TPSA) is 62.2 Å². The lowest BCUT2D eigenvalue weighted by atomic mass is 10.0. The second kappa shape index (κ2) is 8.24. The van der Waals surface area contributed by atoms with Gasteiger partial charge in [0.15, 0.2) is 5.13 Å². The third-order valence-electron chi connectivity index (χ3n) is 4.40. The van der Waals surface area contributed by atoms with Gasteiger partial charge in [-0.1, -0.05) is 54.6 Å². The quantitative estimate of drug-likeness (QED) is 0.415. The van der Waals surface area contributed by atoms with E-state index in [9.17, 15) is 9.18 Å². The highest BCUT2D eigenvalue weighted by atomic mass is 32.1.